The fraction of sp³-hybridized carbons (Fsp3) is 0.550. The fourth-order valence-electron chi connectivity index (χ4n) is 3.44. The second kappa shape index (κ2) is 9.94. The number of aliphatic carboxylic acids is 1. The third-order valence-corrected chi connectivity index (χ3v) is 4.79. The molecule has 1 unspecified atom stereocenters. The van der Waals surface area contributed by atoms with Gasteiger partial charge in [-0.15, -0.1) is 0 Å². The lowest BCUT2D eigenvalue weighted by atomic mass is 10.1. The van der Waals surface area contributed by atoms with Crippen molar-refractivity contribution in [1.29, 1.82) is 0 Å². The number of carbonyl (C=O) groups excluding carboxylic acids is 2. The second-order valence-electron chi connectivity index (χ2n) is 6.76. The van der Waals surface area contributed by atoms with Crippen LogP contribution in [-0.2, 0) is 20.8 Å². The van der Waals surface area contributed by atoms with E-state index >= 15 is 0 Å². The van der Waals surface area contributed by atoms with Crippen molar-refractivity contribution in [2.75, 3.05) is 26.2 Å². The topological polar surface area (TPSA) is 87.2 Å². The summed E-state index contributed by atoms with van der Waals surface area (Å²) in [5.41, 5.74) is 0.931. The van der Waals surface area contributed by atoms with Crippen LogP contribution in [0.2, 0.25) is 0 Å². The van der Waals surface area contributed by atoms with E-state index in [1.54, 1.807) is 0 Å². The Morgan fingerprint density at radius 3 is 2.48 bits per heavy atom. The average molecular weight is 376 g/mol. The van der Waals surface area contributed by atoms with Gasteiger partial charge in [-0.2, -0.15) is 0 Å². The van der Waals surface area contributed by atoms with E-state index in [1.807, 2.05) is 36.1 Å². The van der Waals surface area contributed by atoms with Gasteiger partial charge in [-0.3, -0.25) is 14.4 Å². The number of rotatable bonds is 7. The normalized spacial score (nSPS) is 17.1. The van der Waals surface area contributed by atoms with E-state index in [1.165, 1.54) is 11.8 Å². The SMILES string of the molecule is CCOc1ccc(CC(=O)N2CCCC(N(CC(=O)O)C(C)=O)CC2)cc1. The van der Waals surface area contributed by atoms with Crippen LogP contribution >= 0.6 is 0 Å². The molecule has 0 spiro atoms. The fourth-order valence-corrected chi connectivity index (χ4v) is 3.44. The lowest BCUT2D eigenvalue weighted by molar-refractivity contribution is -0.145. The number of ether oxygens (including phenoxy) is 1. The lowest BCUT2D eigenvalue weighted by Crippen LogP contribution is -2.43. The molecule has 1 aromatic carbocycles. The number of carbonyl (C=O) groups is 3. The van der Waals surface area contributed by atoms with Crippen molar-refractivity contribution < 1.29 is 24.2 Å². The van der Waals surface area contributed by atoms with Gasteiger partial charge in [-0.05, 0) is 43.9 Å². The first-order chi connectivity index (χ1) is 12.9. The molecule has 7 nitrogen and oxygen atoms in total. The Kier molecular flexibility index (Phi) is 7.64. The second-order valence-corrected chi connectivity index (χ2v) is 6.76. The average Bonchev–Trinajstić information content (AvgIpc) is 2.87. The molecule has 1 N–H and O–H groups in total. The molecule has 1 aromatic rings. The summed E-state index contributed by atoms with van der Waals surface area (Å²) in [7, 11) is 0. The Balaban J connectivity index is 1.93. The van der Waals surface area contributed by atoms with Crippen LogP contribution in [0.15, 0.2) is 24.3 Å². The number of benzene rings is 1. The molecule has 27 heavy (non-hydrogen) atoms. The highest BCUT2D eigenvalue weighted by Gasteiger charge is 2.27. The van der Waals surface area contributed by atoms with Crippen LogP contribution in [0, 0.1) is 0 Å². The van der Waals surface area contributed by atoms with Gasteiger partial charge in [0, 0.05) is 26.1 Å². The smallest absolute Gasteiger partial charge is 0.323 e. The Morgan fingerprint density at radius 2 is 1.89 bits per heavy atom. The van der Waals surface area contributed by atoms with Crippen molar-refractivity contribution in [2.24, 2.45) is 0 Å². The van der Waals surface area contributed by atoms with Gasteiger partial charge in [0.05, 0.1) is 13.0 Å². The molecule has 1 aliphatic rings. The van der Waals surface area contributed by atoms with Crippen molar-refractivity contribution >= 4 is 17.8 Å². The molecular formula is C20H28N2O5. The van der Waals surface area contributed by atoms with Gasteiger partial charge in [-0.1, -0.05) is 12.1 Å². The van der Waals surface area contributed by atoms with Crippen LogP contribution in [0.1, 0.15) is 38.7 Å². The number of carboxylic acids is 1. The van der Waals surface area contributed by atoms with Gasteiger partial charge in [0.1, 0.15) is 12.3 Å². The molecule has 1 fully saturated rings. The van der Waals surface area contributed by atoms with Gasteiger partial charge in [0.25, 0.3) is 0 Å². The van der Waals surface area contributed by atoms with E-state index in [0.717, 1.165) is 17.7 Å². The third-order valence-electron chi connectivity index (χ3n) is 4.79. The third kappa shape index (κ3) is 6.27. The van der Waals surface area contributed by atoms with Crippen molar-refractivity contribution in [1.82, 2.24) is 9.80 Å². The van der Waals surface area contributed by atoms with E-state index in [-0.39, 0.29) is 24.4 Å². The summed E-state index contributed by atoms with van der Waals surface area (Å²) in [4.78, 5) is 38.7. The van der Waals surface area contributed by atoms with Crippen molar-refractivity contribution in [2.45, 2.75) is 45.6 Å². The van der Waals surface area contributed by atoms with Gasteiger partial charge in [-0.25, -0.2) is 0 Å². The van der Waals surface area contributed by atoms with E-state index in [2.05, 4.69) is 0 Å². The zero-order chi connectivity index (χ0) is 19.8. The highest BCUT2D eigenvalue weighted by Crippen LogP contribution is 2.19. The zero-order valence-corrected chi connectivity index (χ0v) is 16.0. The molecule has 0 aromatic heterocycles. The van der Waals surface area contributed by atoms with Crippen LogP contribution in [-0.4, -0.2) is 65.0 Å². The van der Waals surface area contributed by atoms with Gasteiger partial charge >= 0.3 is 5.97 Å². The minimum Gasteiger partial charge on any atom is -0.494 e. The maximum absolute atomic E-state index is 12.6. The standard InChI is InChI=1S/C20H28N2O5/c1-3-27-18-8-6-16(7-9-18)13-19(24)21-11-4-5-17(10-12-21)22(15(2)23)14-20(25)26/h6-9,17H,3-5,10-14H2,1-2H3,(H,25,26). The maximum Gasteiger partial charge on any atom is 0.323 e. The Hall–Kier alpha value is -2.57. The molecule has 1 atom stereocenters. The van der Waals surface area contributed by atoms with Crippen molar-refractivity contribution in [3.63, 3.8) is 0 Å². The highest BCUT2D eigenvalue weighted by molar-refractivity contribution is 5.80. The summed E-state index contributed by atoms with van der Waals surface area (Å²) < 4.78 is 5.41. The molecule has 0 aliphatic carbocycles. The summed E-state index contributed by atoms with van der Waals surface area (Å²) >= 11 is 0. The molecule has 7 heteroatoms. The Bertz CT molecular complexity index is 659. The number of hydrogen-bond acceptors (Lipinski definition) is 4. The molecule has 1 saturated heterocycles. The zero-order valence-electron chi connectivity index (χ0n) is 16.0. The van der Waals surface area contributed by atoms with Crippen LogP contribution in [0.25, 0.3) is 0 Å². The number of hydrogen-bond donors (Lipinski definition) is 1. The Labute approximate surface area is 159 Å². The van der Waals surface area contributed by atoms with Crippen LogP contribution in [0.5, 0.6) is 5.75 Å². The predicted molar refractivity (Wildman–Crippen MR) is 101 cm³/mol. The maximum atomic E-state index is 12.6. The van der Waals surface area contributed by atoms with E-state index in [4.69, 9.17) is 9.84 Å². The first-order valence-corrected chi connectivity index (χ1v) is 9.39. The number of amides is 2. The number of carboxylic acid groups (broad SMARTS) is 1. The number of likely N-dealkylation sites (tertiary alicyclic amines) is 1. The lowest BCUT2D eigenvalue weighted by Gasteiger charge is -2.28. The highest BCUT2D eigenvalue weighted by atomic mass is 16.5. The molecule has 1 heterocycles. The Morgan fingerprint density at radius 1 is 1.19 bits per heavy atom. The quantitative estimate of drug-likeness (QED) is 0.786. The molecule has 148 valence electrons. The van der Waals surface area contributed by atoms with Gasteiger partial charge < -0.3 is 19.6 Å². The van der Waals surface area contributed by atoms with Crippen molar-refractivity contribution in [3.05, 3.63) is 29.8 Å². The molecular weight excluding hydrogens is 348 g/mol. The summed E-state index contributed by atoms with van der Waals surface area (Å²) in [5.74, 6) is -0.420. The summed E-state index contributed by atoms with van der Waals surface area (Å²) in [6.45, 7) is 4.79. The first kappa shape index (κ1) is 20.7. The molecule has 0 saturated carbocycles. The monoisotopic (exact) mass is 376 g/mol. The summed E-state index contributed by atoms with van der Waals surface area (Å²) in [6, 6.07) is 7.38. The van der Waals surface area contributed by atoms with Gasteiger partial charge in [0.15, 0.2) is 0 Å². The predicted octanol–water partition coefficient (Wildman–Crippen LogP) is 1.94. The summed E-state index contributed by atoms with van der Waals surface area (Å²) in [6.07, 6.45) is 2.38. The molecule has 1 aliphatic heterocycles. The van der Waals surface area contributed by atoms with Crippen molar-refractivity contribution in [3.8, 4) is 5.75 Å². The molecule has 0 bridgehead atoms. The van der Waals surface area contributed by atoms with E-state index < -0.39 is 5.97 Å². The first-order valence-electron chi connectivity index (χ1n) is 9.39. The van der Waals surface area contributed by atoms with Crippen LogP contribution < -0.4 is 4.74 Å². The van der Waals surface area contributed by atoms with E-state index in [0.29, 0.717) is 39.0 Å². The minimum atomic E-state index is -1.02. The molecule has 2 rings (SSSR count). The van der Waals surface area contributed by atoms with E-state index in [9.17, 15) is 14.4 Å². The summed E-state index contributed by atoms with van der Waals surface area (Å²) in [5, 5.41) is 9.02. The van der Waals surface area contributed by atoms with Crippen LogP contribution in [0.4, 0.5) is 0 Å². The van der Waals surface area contributed by atoms with Gasteiger partial charge in [0.2, 0.25) is 11.8 Å². The number of nitrogens with zero attached hydrogens (tertiary/aromatic N) is 2. The molecule has 2 amide bonds. The minimum absolute atomic E-state index is 0.0485. The van der Waals surface area contributed by atoms with Crippen LogP contribution in [0.3, 0.4) is 0 Å². The molecule has 0 radical (unpaired) electrons. The largest absolute Gasteiger partial charge is 0.494 e.